The summed E-state index contributed by atoms with van der Waals surface area (Å²) in [6, 6.07) is 0.442. The van der Waals surface area contributed by atoms with E-state index < -0.39 is 0 Å². The van der Waals surface area contributed by atoms with Gasteiger partial charge in [-0.2, -0.15) is 0 Å². The molecule has 2 aliphatic rings. The number of aryl methyl sites for hydroxylation is 1. The summed E-state index contributed by atoms with van der Waals surface area (Å²) in [4.78, 5) is 20.8. The van der Waals surface area contributed by atoms with E-state index >= 15 is 0 Å². The molecule has 9 nitrogen and oxygen atoms in total. The molecular weight excluding hydrogens is 459 g/mol. The summed E-state index contributed by atoms with van der Waals surface area (Å²) >= 11 is 0. The van der Waals surface area contributed by atoms with Crippen LogP contribution in [0.1, 0.15) is 25.7 Å². The van der Waals surface area contributed by atoms with Gasteiger partial charge >= 0.3 is 0 Å². The average molecular weight is 490 g/mol. The Morgan fingerprint density at radius 1 is 1.15 bits per heavy atom. The smallest absolute Gasteiger partial charge is 0.234 e. The van der Waals surface area contributed by atoms with Crippen LogP contribution in [0.5, 0.6) is 0 Å². The van der Waals surface area contributed by atoms with E-state index in [-0.39, 0.29) is 29.9 Å². The Balaban J connectivity index is 0.00000261. The SMILES string of the molecule is CN=C(NCCCCn1cnnc1)N1CCN(CC(=O)NC2CC2)CC1.I. The number of aliphatic imine (C=N–C) groups is 1. The molecule has 1 saturated carbocycles. The molecule has 1 saturated heterocycles. The summed E-state index contributed by atoms with van der Waals surface area (Å²) < 4.78 is 1.99. The molecule has 2 heterocycles. The first-order valence-corrected chi connectivity index (χ1v) is 9.54. The van der Waals surface area contributed by atoms with Gasteiger partial charge in [-0.15, -0.1) is 34.2 Å². The lowest BCUT2D eigenvalue weighted by Gasteiger charge is -2.36. The molecule has 10 heteroatoms. The molecule has 1 aliphatic carbocycles. The molecule has 0 bridgehead atoms. The molecule has 0 radical (unpaired) electrons. The fourth-order valence-electron chi connectivity index (χ4n) is 3.11. The number of unbranched alkanes of at least 4 members (excludes halogenated alkanes) is 1. The van der Waals surface area contributed by atoms with Crippen LogP contribution >= 0.6 is 24.0 Å². The van der Waals surface area contributed by atoms with Gasteiger partial charge in [0.2, 0.25) is 5.91 Å². The third-order valence-electron chi connectivity index (χ3n) is 4.79. The maximum Gasteiger partial charge on any atom is 0.234 e. The number of halogens is 1. The molecule has 152 valence electrons. The van der Waals surface area contributed by atoms with Gasteiger partial charge in [-0.1, -0.05) is 0 Å². The van der Waals surface area contributed by atoms with Crippen LogP contribution in [0.4, 0.5) is 0 Å². The summed E-state index contributed by atoms with van der Waals surface area (Å²) in [7, 11) is 1.83. The second kappa shape index (κ2) is 11.4. The molecule has 27 heavy (non-hydrogen) atoms. The first-order chi connectivity index (χ1) is 12.7. The molecule has 0 atom stereocenters. The van der Waals surface area contributed by atoms with Gasteiger partial charge in [0.25, 0.3) is 0 Å². The Labute approximate surface area is 178 Å². The molecule has 1 amide bonds. The van der Waals surface area contributed by atoms with E-state index in [9.17, 15) is 4.79 Å². The molecule has 2 fully saturated rings. The summed E-state index contributed by atoms with van der Waals surface area (Å²) in [5.41, 5.74) is 0. The Bertz CT molecular complexity index is 582. The molecular formula is C17H31IN8O. The molecule has 2 N–H and O–H groups in total. The van der Waals surface area contributed by atoms with Gasteiger partial charge in [0, 0.05) is 52.4 Å². The van der Waals surface area contributed by atoms with Crippen molar-refractivity contribution >= 4 is 35.8 Å². The number of aromatic nitrogens is 3. The Kier molecular flexibility index (Phi) is 9.25. The molecule has 1 aromatic heterocycles. The van der Waals surface area contributed by atoms with Crippen molar-refractivity contribution in [2.45, 2.75) is 38.3 Å². The highest BCUT2D eigenvalue weighted by molar-refractivity contribution is 14.0. The van der Waals surface area contributed by atoms with Gasteiger partial charge in [0.1, 0.15) is 12.7 Å². The number of carbonyl (C=O) groups is 1. The van der Waals surface area contributed by atoms with Crippen molar-refractivity contribution in [3.8, 4) is 0 Å². The van der Waals surface area contributed by atoms with Gasteiger partial charge < -0.3 is 20.1 Å². The monoisotopic (exact) mass is 490 g/mol. The van der Waals surface area contributed by atoms with Crippen LogP contribution in [0.3, 0.4) is 0 Å². The van der Waals surface area contributed by atoms with Gasteiger partial charge in [-0.3, -0.25) is 14.7 Å². The quantitative estimate of drug-likeness (QED) is 0.234. The number of piperazine rings is 1. The van der Waals surface area contributed by atoms with E-state index in [1.54, 1.807) is 12.7 Å². The van der Waals surface area contributed by atoms with Crippen molar-refractivity contribution in [2.24, 2.45) is 4.99 Å². The number of nitrogens with zero attached hydrogens (tertiary/aromatic N) is 6. The van der Waals surface area contributed by atoms with Crippen LogP contribution in [-0.4, -0.2) is 88.8 Å². The fourth-order valence-corrected chi connectivity index (χ4v) is 3.11. The average Bonchev–Trinajstić information content (AvgIpc) is 3.30. The highest BCUT2D eigenvalue weighted by atomic mass is 127. The van der Waals surface area contributed by atoms with Crippen molar-refractivity contribution in [3.63, 3.8) is 0 Å². The van der Waals surface area contributed by atoms with E-state index in [1.165, 1.54) is 0 Å². The van der Waals surface area contributed by atoms with E-state index in [0.717, 1.165) is 70.9 Å². The number of rotatable bonds is 8. The third-order valence-corrected chi connectivity index (χ3v) is 4.79. The minimum absolute atomic E-state index is 0. The zero-order valence-electron chi connectivity index (χ0n) is 16.0. The lowest BCUT2D eigenvalue weighted by molar-refractivity contribution is -0.122. The summed E-state index contributed by atoms with van der Waals surface area (Å²) in [5, 5.41) is 14.1. The lowest BCUT2D eigenvalue weighted by atomic mass is 10.3. The van der Waals surface area contributed by atoms with Gasteiger partial charge in [-0.25, -0.2) is 0 Å². The predicted molar refractivity (Wildman–Crippen MR) is 115 cm³/mol. The van der Waals surface area contributed by atoms with E-state index in [0.29, 0.717) is 12.6 Å². The number of carbonyl (C=O) groups excluding carboxylic acids is 1. The standard InChI is InChI=1S/C17H30N8O.HI/c1-18-17(19-6-2-3-7-24-13-20-21-14-24)25-10-8-23(9-11-25)12-16(26)22-15-4-5-15;/h13-15H,2-12H2,1H3,(H,18,19)(H,22,26);1H. The van der Waals surface area contributed by atoms with E-state index in [2.05, 4.69) is 35.6 Å². The van der Waals surface area contributed by atoms with E-state index in [4.69, 9.17) is 0 Å². The minimum Gasteiger partial charge on any atom is -0.356 e. The zero-order valence-corrected chi connectivity index (χ0v) is 18.3. The van der Waals surface area contributed by atoms with Gasteiger partial charge in [-0.05, 0) is 25.7 Å². The Hall–Kier alpha value is -1.43. The summed E-state index contributed by atoms with van der Waals surface area (Å²) in [6.07, 6.45) is 7.92. The maximum absolute atomic E-state index is 11.9. The highest BCUT2D eigenvalue weighted by Gasteiger charge is 2.25. The topological polar surface area (TPSA) is 90.7 Å². The predicted octanol–water partition coefficient (Wildman–Crippen LogP) is 0.148. The van der Waals surface area contributed by atoms with Gasteiger partial charge in [0.15, 0.2) is 5.96 Å². The second-order valence-corrected chi connectivity index (χ2v) is 6.99. The van der Waals surface area contributed by atoms with Gasteiger partial charge in [0.05, 0.1) is 6.54 Å². The first-order valence-electron chi connectivity index (χ1n) is 9.54. The fraction of sp³-hybridized carbons (Fsp3) is 0.765. The van der Waals surface area contributed by atoms with Crippen molar-refractivity contribution < 1.29 is 4.79 Å². The van der Waals surface area contributed by atoms with Crippen molar-refractivity contribution in [1.82, 2.24) is 35.2 Å². The van der Waals surface area contributed by atoms with Crippen LogP contribution in [0.15, 0.2) is 17.6 Å². The highest BCUT2D eigenvalue weighted by Crippen LogP contribution is 2.18. The normalized spacial score (nSPS) is 18.1. The van der Waals surface area contributed by atoms with Crippen LogP contribution in [-0.2, 0) is 11.3 Å². The number of nitrogens with one attached hydrogen (secondary N) is 2. The molecule has 0 spiro atoms. The molecule has 1 aromatic rings. The molecule has 1 aliphatic heterocycles. The third kappa shape index (κ3) is 7.60. The number of amides is 1. The van der Waals surface area contributed by atoms with E-state index in [1.807, 2.05) is 11.6 Å². The lowest BCUT2D eigenvalue weighted by Crippen LogP contribution is -2.54. The maximum atomic E-state index is 11.9. The van der Waals surface area contributed by atoms with Crippen LogP contribution in [0.2, 0.25) is 0 Å². The number of hydrogen-bond donors (Lipinski definition) is 2. The summed E-state index contributed by atoms with van der Waals surface area (Å²) in [6.45, 7) is 5.94. The number of hydrogen-bond acceptors (Lipinski definition) is 5. The van der Waals surface area contributed by atoms with Crippen LogP contribution < -0.4 is 10.6 Å². The van der Waals surface area contributed by atoms with Crippen molar-refractivity contribution in [3.05, 3.63) is 12.7 Å². The number of guanidine groups is 1. The van der Waals surface area contributed by atoms with Crippen molar-refractivity contribution in [2.75, 3.05) is 46.3 Å². The first kappa shape index (κ1) is 21.9. The Morgan fingerprint density at radius 3 is 2.48 bits per heavy atom. The zero-order chi connectivity index (χ0) is 18.2. The van der Waals surface area contributed by atoms with Crippen LogP contribution in [0, 0.1) is 0 Å². The largest absolute Gasteiger partial charge is 0.356 e. The molecule has 0 aromatic carbocycles. The van der Waals surface area contributed by atoms with Crippen LogP contribution in [0.25, 0.3) is 0 Å². The molecule has 3 rings (SSSR count). The summed E-state index contributed by atoms with van der Waals surface area (Å²) in [5.74, 6) is 1.12. The van der Waals surface area contributed by atoms with Crippen molar-refractivity contribution in [1.29, 1.82) is 0 Å². The Morgan fingerprint density at radius 2 is 1.85 bits per heavy atom. The minimum atomic E-state index is 0. The second-order valence-electron chi connectivity index (χ2n) is 6.99. The molecule has 0 unspecified atom stereocenters.